The topological polar surface area (TPSA) is 128 Å². The molecule has 0 radical (unpaired) electrons. The second kappa shape index (κ2) is 9.71. The molecule has 5 rings (SSSR count). The predicted molar refractivity (Wildman–Crippen MR) is 128 cm³/mol. The number of hydrogen-bond acceptors (Lipinski definition) is 10. The van der Waals surface area contributed by atoms with Crippen LogP contribution in [-0.4, -0.2) is 91.7 Å². The number of ether oxygens (including phenoxy) is 2. The normalized spacial score (nSPS) is 19.0. The first kappa shape index (κ1) is 24.5. The van der Waals surface area contributed by atoms with Gasteiger partial charge in [0.2, 0.25) is 27.9 Å². The minimum Gasteiger partial charge on any atom is -0.494 e. The van der Waals surface area contributed by atoms with Crippen LogP contribution in [0.15, 0.2) is 18.2 Å². The summed E-state index contributed by atoms with van der Waals surface area (Å²) in [6, 6.07) is 4.95. The molecule has 2 aliphatic heterocycles. The van der Waals surface area contributed by atoms with E-state index in [9.17, 15) is 17.2 Å². The maximum atomic E-state index is 14.2. The van der Waals surface area contributed by atoms with Crippen LogP contribution in [0.25, 0.3) is 17.0 Å². The molecule has 1 N–H and O–H groups in total. The molecule has 2 aromatic heterocycles. The third kappa shape index (κ3) is 4.41. The molecule has 0 spiro atoms. The van der Waals surface area contributed by atoms with E-state index in [4.69, 9.17) is 9.47 Å². The highest BCUT2D eigenvalue weighted by Crippen LogP contribution is 2.33. The molecule has 2 aliphatic rings. The number of sulfonamides is 1. The van der Waals surface area contributed by atoms with Gasteiger partial charge in [0.15, 0.2) is 5.82 Å². The van der Waals surface area contributed by atoms with E-state index in [-0.39, 0.29) is 24.0 Å². The van der Waals surface area contributed by atoms with Crippen LogP contribution in [0.2, 0.25) is 0 Å². The number of alkyl halides is 2. The fraction of sp³-hybridized carbons (Fsp3) is 0.524. The maximum absolute atomic E-state index is 14.2. The summed E-state index contributed by atoms with van der Waals surface area (Å²) >= 11 is 0. The third-order valence-electron chi connectivity index (χ3n) is 6.33. The summed E-state index contributed by atoms with van der Waals surface area (Å²) in [5.41, 5.74) is 0.610. The fourth-order valence-electron chi connectivity index (χ4n) is 4.43. The Bertz CT molecular complexity index is 1360. The van der Waals surface area contributed by atoms with E-state index in [0.717, 1.165) is 0 Å². The van der Waals surface area contributed by atoms with Gasteiger partial charge in [0.1, 0.15) is 11.3 Å². The van der Waals surface area contributed by atoms with Gasteiger partial charge in [-0.3, -0.25) is 4.57 Å². The van der Waals surface area contributed by atoms with Gasteiger partial charge in [-0.15, -0.1) is 0 Å². The van der Waals surface area contributed by atoms with E-state index in [1.807, 2.05) is 4.90 Å². The van der Waals surface area contributed by atoms with Crippen LogP contribution in [0.4, 0.5) is 20.7 Å². The third-order valence-corrected chi connectivity index (χ3v) is 8.17. The van der Waals surface area contributed by atoms with Crippen LogP contribution < -0.4 is 19.3 Å². The molecule has 0 saturated carbocycles. The van der Waals surface area contributed by atoms with Gasteiger partial charge in [0.05, 0.1) is 31.1 Å². The molecule has 0 amide bonds. The minimum absolute atomic E-state index is 0.0348. The van der Waals surface area contributed by atoms with Crippen molar-refractivity contribution >= 4 is 33.0 Å². The van der Waals surface area contributed by atoms with Crippen LogP contribution in [-0.2, 0) is 14.8 Å². The Balaban J connectivity index is 1.65. The average Bonchev–Trinajstić information content (AvgIpc) is 3.55. The summed E-state index contributed by atoms with van der Waals surface area (Å²) in [6.07, 6.45) is -2.53. The fourth-order valence-corrected chi connectivity index (χ4v) is 5.56. The van der Waals surface area contributed by atoms with E-state index >= 15 is 0 Å². The van der Waals surface area contributed by atoms with Gasteiger partial charge in [0, 0.05) is 26.2 Å². The predicted octanol–water partition coefficient (Wildman–Crippen LogP) is 1.12. The lowest BCUT2D eigenvalue weighted by atomic mass is 10.3. The minimum atomic E-state index is -3.50. The highest BCUT2D eigenvalue weighted by Gasteiger charge is 2.34. The number of benzene rings is 1. The van der Waals surface area contributed by atoms with Crippen molar-refractivity contribution in [2.75, 3.05) is 63.4 Å². The zero-order valence-corrected chi connectivity index (χ0v) is 20.6. The lowest BCUT2D eigenvalue weighted by Gasteiger charge is -2.28. The molecule has 1 aromatic carbocycles. The van der Waals surface area contributed by atoms with Crippen molar-refractivity contribution in [3.63, 3.8) is 0 Å². The van der Waals surface area contributed by atoms with Crippen molar-refractivity contribution in [2.45, 2.75) is 18.1 Å². The Morgan fingerprint density at radius 3 is 2.42 bits per heavy atom. The van der Waals surface area contributed by atoms with Crippen molar-refractivity contribution in [3.8, 4) is 11.7 Å². The van der Waals surface area contributed by atoms with Gasteiger partial charge in [-0.25, -0.2) is 26.9 Å². The number of imidazole rings is 1. The molecule has 2 fully saturated rings. The van der Waals surface area contributed by atoms with Gasteiger partial charge in [0.25, 0.3) is 6.43 Å². The number of aromatic nitrogens is 5. The summed E-state index contributed by atoms with van der Waals surface area (Å²) in [6.45, 7) is 2.51. The Labute approximate surface area is 206 Å². The number of hydrogen-bond donors (Lipinski definition) is 1. The molecular weight excluding hydrogens is 498 g/mol. The summed E-state index contributed by atoms with van der Waals surface area (Å²) in [4.78, 5) is 21.4. The van der Waals surface area contributed by atoms with Gasteiger partial charge < -0.3 is 19.3 Å². The number of halogens is 2. The Hall–Kier alpha value is -3.17. The lowest BCUT2D eigenvalue weighted by molar-refractivity contribution is 0.122. The van der Waals surface area contributed by atoms with E-state index in [2.05, 4.69) is 24.7 Å². The first-order valence-corrected chi connectivity index (χ1v) is 13.0. The average molecular weight is 525 g/mol. The van der Waals surface area contributed by atoms with E-state index in [1.165, 1.54) is 18.7 Å². The summed E-state index contributed by atoms with van der Waals surface area (Å²) in [5.74, 6) is 0.281. The van der Waals surface area contributed by atoms with Crippen LogP contribution in [0.1, 0.15) is 18.7 Å². The van der Waals surface area contributed by atoms with E-state index < -0.39 is 27.5 Å². The van der Waals surface area contributed by atoms with Crippen molar-refractivity contribution in [2.24, 2.45) is 0 Å². The molecule has 2 saturated heterocycles. The zero-order chi connectivity index (χ0) is 25.4. The Morgan fingerprint density at radius 1 is 1.06 bits per heavy atom. The number of nitrogens with zero attached hydrogens (tertiary/aromatic N) is 7. The standard InChI is InChI=1S/C21H26F2N8O4S/c1-24-36(32,33)13-6-7-30(12-13)20-26-19(29-8-10-35-11-9-29)27-21(28-20)31-14-4-3-5-15(34-2)16(14)25-18(31)17(22)23/h3-5,13,17,24H,6-12H2,1-2H3. The summed E-state index contributed by atoms with van der Waals surface area (Å²) < 4.78 is 67.3. The zero-order valence-electron chi connectivity index (χ0n) is 19.8. The highest BCUT2D eigenvalue weighted by molar-refractivity contribution is 7.90. The van der Waals surface area contributed by atoms with Gasteiger partial charge in [-0.1, -0.05) is 6.07 Å². The van der Waals surface area contributed by atoms with Gasteiger partial charge >= 0.3 is 0 Å². The lowest BCUT2D eigenvalue weighted by Crippen LogP contribution is -2.38. The van der Waals surface area contributed by atoms with Gasteiger partial charge in [-0.2, -0.15) is 15.0 Å². The molecule has 4 heterocycles. The van der Waals surface area contributed by atoms with Crippen LogP contribution in [0.3, 0.4) is 0 Å². The number of methoxy groups -OCH3 is 1. The molecule has 3 aromatic rings. The molecule has 0 bridgehead atoms. The SMILES string of the molecule is CNS(=O)(=O)C1CCN(c2nc(N3CCOCC3)nc(-n3c(C(F)F)nc4c(OC)cccc43)n2)C1. The number of rotatable bonds is 7. The van der Waals surface area contributed by atoms with Crippen LogP contribution in [0.5, 0.6) is 5.75 Å². The summed E-state index contributed by atoms with van der Waals surface area (Å²) in [7, 11) is -0.680. The second-order valence-corrected chi connectivity index (χ2v) is 10.5. The molecule has 1 atom stereocenters. The van der Waals surface area contributed by atoms with Crippen LogP contribution in [0, 0.1) is 0 Å². The second-order valence-electron chi connectivity index (χ2n) is 8.37. The number of fused-ring (bicyclic) bond motifs is 1. The van der Waals surface area contributed by atoms with Crippen molar-refractivity contribution in [3.05, 3.63) is 24.0 Å². The quantitative estimate of drug-likeness (QED) is 0.480. The van der Waals surface area contributed by atoms with E-state index in [1.54, 1.807) is 23.1 Å². The number of anilines is 2. The molecule has 194 valence electrons. The molecule has 0 aliphatic carbocycles. The van der Waals surface area contributed by atoms with Crippen molar-refractivity contribution in [1.29, 1.82) is 0 Å². The van der Waals surface area contributed by atoms with Crippen LogP contribution >= 0.6 is 0 Å². The van der Waals surface area contributed by atoms with Crippen molar-refractivity contribution in [1.82, 2.24) is 29.2 Å². The maximum Gasteiger partial charge on any atom is 0.296 e. The smallest absolute Gasteiger partial charge is 0.296 e. The highest BCUT2D eigenvalue weighted by atomic mass is 32.2. The summed E-state index contributed by atoms with van der Waals surface area (Å²) in [5, 5.41) is -0.649. The van der Waals surface area contributed by atoms with E-state index in [0.29, 0.717) is 56.5 Å². The molecule has 15 heteroatoms. The molecule has 12 nitrogen and oxygen atoms in total. The molecule has 36 heavy (non-hydrogen) atoms. The molecular formula is C21H26F2N8O4S. The number of morpholine rings is 1. The van der Waals surface area contributed by atoms with Gasteiger partial charge in [-0.05, 0) is 25.6 Å². The number of para-hydroxylation sites is 1. The largest absolute Gasteiger partial charge is 0.494 e. The monoisotopic (exact) mass is 524 g/mol. The Kier molecular flexibility index (Phi) is 6.61. The first-order chi connectivity index (χ1) is 17.3. The number of nitrogens with one attached hydrogen (secondary N) is 1. The first-order valence-electron chi connectivity index (χ1n) is 11.4. The molecule has 1 unspecified atom stereocenters. The van der Waals surface area contributed by atoms with Crippen molar-refractivity contribution < 1.29 is 26.7 Å². The Morgan fingerprint density at radius 2 is 1.75 bits per heavy atom.